The number of ether oxygens (including phenoxy) is 1. The Labute approximate surface area is 113 Å². The Morgan fingerprint density at radius 1 is 1.39 bits per heavy atom. The molecular weight excluding hydrogens is 250 g/mol. The van der Waals surface area contributed by atoms with Crippen LogP contribution in [0.2, 0.25) is 5.02 Å². The van der Waals surface area contributed by atoms with Crippen LogP contribution in [-0.2, 0) is 5.41 Å². The van der Waals surface area contributed by atoms with Gasteiger partial charge < -0.3 is 10.1 Å². The molecule has 0 aliphatic carbocycles. The van der Waals surface area contributed by atoms with E-state index in [9.17, 15) is 4.79 Å². The van der Waals surface area contributed by atoms with Gasteiger partial charge in [0.15, 0.2) is 5.78 Å². The van der Waals surface area contributed by atoms with Gasteiger partial charge in [0.05, 0.1) is 24.2 Å². The first-order valence-corrected chi connectivity index (χ1v) is 6.25. The van der Waals surface area contributed by atoms with E-state index >= 15 is 0 Å². The fourth-order valence-corrected chi connectivity index (χ4v) is 1.99. The number of Topliss-reactive ketones (excluding diaryl/α,β-unsaturated/α-hetero) is 1. The highest BCUT2D eigenvalue weighted by Gasteiger charge is 2.21. The van der Waals surface area contributed by atoms with Crippen LogP contribution < -0.4 is 10.1 Å². The number of halogens is 1. The molecular formula is C14H20ClNO2. The number of nitrogens with one attached hydrogen (secondary N) is 1. The van der Waals surface area contributed by atoms with Crippen LogP contribution in [0.25, 0.3) is 0 Å². The molecule has 1 N–H and O–H groups in total. The van der Waals surface area contributed by atoms with Crippen molar-refractivity contribution in [2.45, 2.75) is 26.2 Å². The standard InChI is InChI=1S/C14H20ClNO2/c1-14(2,3)9-6-10(12(17)8-16-4)13(18-5)11(15)7-9/h6-7,16H,8H2,1-5H3. The van der Waals surface area contributed by atoms with E-state index in [1.54, 1.807) is 7.05 Å². The molecule has 0 unspecified atom stereocenters. The van der Waals surface area contributed by atoms with E-state index in [-0.39, 0.29) is 17.7 Å². The number of carbonyl (C=O) groups excluding carboxylic acids is 1. The minimum absolute atomic E-state index is 0.0256. The number of ketones is 1. The van der Waals surface area contributed by atoms with Crippen molar-refractivity contribution in [3.63, 3.8) is 0 Å². The lowest BCUT2D eigenvalue weighted by molar-refractivity contribution is 0.0990. The molecule has 0 saturated carbocycles. The van der Waals surface area contributed by atoms with Gasteiger partial charge in [-0.1, -0.05) is 32.4 Å². The lowest BCUT2D eigenvalue weighted by Crippen LogP contribution is -2.20. The van der Waals surface area contributed by atoms with Crippen LogP contribution in [0.1, 0.15) is 36.7 Å². The molecule has 1 aromatic rings. The second-order valence-electron chi connectivity index (χ2n) is 5.24. The molecule has 0 spiro atoms. The topological polar surface area (TPSA) is 38.3 Å². The summed E-state index contributed by atoms with van der Waals surface area (Å²) in [4.78, 5) is 12.1. The van der Waals surface area contributed by atoms with E-state index in [4.69, 9.17) is 16.3 Å². The van der Waals surface area contributed by atoms with Crippen LogP contribution in [-0.4, -0.2) is 26.5 Å². The normalized spacial score (nSPS) is 11.4. The van der Waals surface area contributed by atoms with Gasteiger partial charge in [-0.15, -0.1) is 0 Å². The summed E-state index contributed by atoms with van der Waals surface area (Å²) in [6.45, 7) is 6.51. The molecule has 3 nitrogen and oxygen atoms in total. The van der Waals surface area contributed by atoms with Gasteiger partial charge in [0, 0.05) is 0 Å². The third-order valence-electron chi connectivity index (χ3n) is 2.75. The van der Waals surface area contributed by atoms with Crippen molar-refractivity contribution in [3.05, 3.63) is 28.3 Å². The summed E-state index contributed by atoms with van der Waals surface area (Å²) in [6, 6.07) is 3.72. The van der Waals surface area contributed by atoms with Crippen molar-refractivity contribution in [1.29, 1.82) is 0 Å². The summed E-state index contributed by atoms with van der Waals surface area (Å²) in [6.07, 6.45) is 0. The van der Waals surface area contributed by atoms with Crippen molar-refractivity contribution in [2.24, 2.45) is 0 Å². The van der Waals surface area contributed by atoms with Crippen LogP contribution in [0, 0.1) is 0 Å². The molecule has 0 fully saturated rings. The predicted molar refractivity (Wildman–Crippen MR) is 75.0 cm³/mol. The van der Waals surface area contributed by atoms with E-state index < -0.39 is 0 Å². The molecule has 0 bridgehead atoms. The summed E-state index contributed by atoms with van der Waals surface area (Å²) in [7, 11) is 3.26. The lowest BCUT2D eigenvalue weighted by Gasteiger charge is -2.21. The Kier molecular flexibility index (Phi) is 4.77. The van der Waals surface area contributed by atoms with Crippen LogP contribution in [0.15, 0.2) is 12.1 Å². The minimum Gasteiger partial charge on any atom is -0.494 e. The van der Waals surface area contributed by atoms with Crippen molar-refractivity contribution < 1.29 is 9.53 Å². The van der Waals surface area contributed by atoms with Crippen molar-refractivity contribution in [2.75, 3.05) is 20.7 Å². The van der Waals surface area contributed by atoms with E-state index in [0.717, 1.165) is 5.56 Å². The first-order chi connectivity index (χ1) is 8.31. The summed E-state index contributed by atoms with van der Waals surface area (Å²) >= 11 is 6.19. The molecule has 0 aliphatic heterocycles. The highest BCUT2D eigenvalue weighted by molar-refractivity contribution is 6.32. The zero-order chi connectivity index (χ0) is 13.9. The fourth-order valence-electron chi connectivity index (χ4n) is 1.70. The fraction of sp³-hybridized carbons (Fsp3) is 0.500. The van der Waals surface area contributed by atoms with Crippen molar-refractivity contribution in [3.8, 4) is 5.75 Å². The van der Waals surface area contributed by atoms with Crippen LogP contribution >= 0.6 is 11.6 Å². The molecule has 18 heavy (non-hydrogen) atoms. The first kappa shape index (κ1) is 15.0. The highest BCUT2D eigenvalue weighted by atomic mass is 35.5. The van der Waals surface area contributed by atoms with Gasteiger partial charge in [-0.05, 0) is 30.2 Å². The maximum Gasteiger partial charge on any atom is 0.180 e. The Morgan fingerprint density at radius 3 is 2.44 bits per heavy atom. The second-order valence-corrected chi connectivity index (χ2v) is 5.65. The Morgan fingerprint density at radius 2 is 2.00 bits per heavy atom. The largest absolute Gasteiger partial charge is 0.494 e. The summed E-state index contributed by atoms with van der Waals surface area (Å²) in [5, 5.41) is 3.32. The van der Waals surface area contributed by atoms with Crippen LogP contribution in [0.4, 0.5) is 0 Å². The maximum atomic E-state index is 12.1. The van der Waals surface area contributed by atoms with Gasteiger partial charge in [0.25, 0.3) is 0 Å². The van der Waals surface area contributed by atoms with E-state index in [2.05, 4.69) is 26.1 Å². The minimum atomic E-state index is -0.0649. The van der Waals surface area contributed by atoms with Crippen molar-refractivity contribution >= 4 is 17.4 Å². The Balaban J connectivity index is 3.37. The van der Waals surface area contributed by atoms with Crippen LogP contribution in [0.5, 0.6) is 5.75 Å². The van der Waals surface area contributed by atoms with Gasteiger partial charge in [-0.3, -0.25) is 4.79 Å². The quantitative estimate of drug-likeness (QED) is 0.854. The highest BCUT2D eigenvalue weighted by Crippen LogP contribution is 2.34. The number of hydrogen-bond acceptors (Lipinski definition) is 3. The molecule has 0 amide bonds. The van der Waals surface area contributed by atoms with E-state index in [1.165, 1.54) is 7.11 Å². The van der Waals surface area contributed by atoms with Gasteiger partial charge in [-0.2, -0.15) is 0 Å². The van der Waals surface area contributed by atoms with E-state index in [1.807, 2.05) is 12.1 Å². The van der Waals surface area contributed by atoms with Gasteiger partial charge in [-0.25, -0.2) is 0 Å². The van der Waals surface area contributed by atoms with Crippen molar-refractivity contribution in [1.82, 2.24) is 5.32 Å². The molecule has 0 saturated heterocycles. The molecule has 0 atom stereocenters. The van der Waals surface area contributed by atoms with Crippen LogP contribution in [0.3, 0.4) is 0 Å². The Bertz CT molecular complexity index is 450. The molecule has 0 aromatic heterocycles. The third-order valence-corrected chi connectivity index (χ3v) is 3.03. The third kappa shape index (κ3) is 3.24. The Hall–Kier alpha value is -1.06. The number of hydrogen-bond donors (Lipinski definition) is 1. The molecule has 0 aliphatic rings. The van der Waals surface area contributed by atoms with Gasteiger partial charge in [0.2, 0.25) is 0 Å². The lowest BCUT2D eigenvalue weighted by atomic mass is 9.85. The number of methoxy groups -OCH3 is 1. The second kappa shape index (κ2) is 5.72. The average molecular weight is 270 g/mol. The predicted octanol–water partition coefficient (Wildman–Crippen LogP) is 3.05. The number of likely N-dealkylation sites (N-methyl/N-ethyl adjacent to an activating group) is 1. The van der Waals surface area contributed by atoms with E-state index in [0.29, 0.717) is 16.3 Å². The monoisotopic (exact) mass is 269 g/mol. The van der Waals surface area contributed by atoms with Gasteiger partial charge >= 0.3 is 0 Å². The zero-order valence-corrected chi connectivity index (χ0v) is 12.3. The number of carbonyl (C=O) groups is 1. The summed E-state index contributed by atoms with van der Waals surface area (Å²) in [5.41, 5.74) is 1.49. The first-order valence-electron chi connectivity index (χ1n) is 5.87. The SMILES string of the molecule is CNCC(=O)c1cc(C(C)(C)C)cc(Cl)c1OC. The molecule has 1 rings (SSSR count). The number of benzene rings is 1. The maximum absolute atomic E-state index is 12.1. The van der Waals surface area contributed by atoms with Gasteiger partial charge in [0.1, 0.15) is 5.75 Å². The molecule has 0 heterocycles. The molecule has 4 heteroatoms. The smallest absolute Gasteiger partial charge is 0.180 e. The number of rotatable bonds is 4. The summed E-state index contributed by atoms with van der Waals surface area (Å²) < 4.78 is 5.23. The summed E-state index contributed by atoms with van der Waals surface area (Å²) in [5.74, 6) is 0.423. The zero-order valence-electron chi connectivity index (χ0n) is 11.6. The molecule has 0 radical (unpaired) electrons. The average Bonchev–Trinajstić information content (AvgIpc) is 2.27. The molecule has 1 aromatic carbocycles. The molecule has 100 valence electrons.